The third-order valence-electron chi connectivity index (χ3n) is 4.01. The maximum atomic E-state index is 12.3. The summed E-state index contributed by atoms with van der Waals surface area (Å²) in [7, 11) is 1.66. The highest BCUT2D eigenvalue weighted by Crippen LogP contribution is 2.19. The number of nitrogens with zero attached hydrogens (tertiary/aromatic N) is 2. The number of ether oxygens (including phenoxy) is 1. The van der Waals surface area contributed by atoms with Gasteiger partial charge in [-0.1, -0.05) is 17.7 Å². The zero-order valence-corrected chi connectivity index (χ0v) is 14.4. The van der Waals surface area contributed by atoms with Gasteiger partial charge in [0.25, 0.3) is 5.91 Å². The van der Waals surface area contributed by atoms with E-state index >= 15 is 0 Å². The molecule has 0 aliphatic carbocycles. The number of benzene rings is 2. The van der Waals surface area contributed by atoms with Crippen molar-refractivity contribution in [2.24, 2.45) is 0 Å². The molecule has 128 valence electrons. The van der Waals surface area contributed by atoms with Crippen LogP contribution in [0.5, 0.6) is 5.75 Å². The molecule has 1 N–H and O–H groups in total. The molecule has 0 unspecified atom stereocenters. The van der Waals surface area contributed by atoms with Crippen molar-refractivity contribution in [3.63, 3.8) is 0 Å². The number of methoxy groups -OCH3 is 1. The smallest absolute Gasteiger partial charge is 0.251 e. The highest BCUT2D eigenvalue weighted by atomic mass is 16.5. The van der Waals surface area contributed by atoms with E-state index in [1.165, 1.54) is 5.56 Å². The van der Waals surface area contributed by atoms with Gasteiger partial charge in [-0.2, -0.15) is 5.10 Å². The van der Waals surface area contributed by atoms with Crippen LogP contribution in [-0.2, 0) is 6.42 Å². The van der Waals surface area contributed by atoms with Gasteiger partial charge in [0, 0.05) is 24.5 Å². The van der Waals surface area contributed by atoms with Crippen molar-refractivity contribution in [2.75, 3.05) is 13.7 Å². The van der Waals surface area contributed by atoms with Crippen LogP contribution in [-0.4, -0.2) is 29.3 Å². The van der Waals surface area contributed by atoms with Crippen LogP contribution in [0.15, 0.2) is 60.9 Å². The van der Waals surface area contributed by atoms with E-state index in [0.717, 1.165) is 23.4 Å². The van der Waals surface area contributed by atoms with Crippen molar-refractivity contribution < 1.29 is 9.53 Å². The summed E-state index contributed by atoms with van der Waals surface area (Å²) in [4.78, 5) is 12.3. The van der Waals surface area contributed by atoms with E-state index in [0.29, 0.717) is 12.1 Å². The molecular formula is C20H21N3O2. The number of aromatic nitrogens is 2. The van der Waals surface area contributed by atoms with Crippen molar-refractivity contribution in [3.05, 3.63) is 77.6 Å². The molecule has 5 nitrogen and oxygen atoms in total. The monoisotopic (exact) mass is 335 g/mol. The summed E-state index contributed by atoms with van der Waals surface area (Å²) in [6, 6.07) is 15.3. The Morgan fingerprint density at radius 2 is 2.00 bits per heavy atom. The minimum absolute atomic E-state index is 0.0846. The minimum atomic E-state index is -0.0846. The third kappa shape index (κ3) is 4.07. The van der Waals surface area contributed by atoms with E-state index in [9.17, 15) is 4.79 Å². The molecule has 0 bridgehead atoms. The predicted octanol–water partition coefficient (Wildman–Crippen LogP) is 3.16. The van der Waals surface area contributed by atoms with Crippen molar-refractivity contribution >= 4 is 5.91 Å². The van der Waals surface area contributed by atoms with Crippen LogP contribution in [0.1, 0.15) is 21.5 Å². The molecule has 0 fully saturated rings. The quantitative estimate of drug-likeness (QED) is 0.753. The molecule has 3 aromatic rings. The Kier molecular flexibility index (Phi) is 5.14. The van der Waals surface area contributed by atoms with Gasteiger partial charge in [-0.05, 0) is 55.3 Å². The summed E-state index contributed by atoms with van der Waals surface area (Å²) >= 11 is 0. The van der Waals surface area contributed by atoms with Gasteiger partial charge in [0.2, 0.25) is 0 Å². The van der Waals surface area contributed by atoms with Gasteiger partial charge >= 0.3 is 0 Å². The molecule has 0 saturated heterocycles. The number of nitrogens with one attached hydrogen (secondary N) is 1. The Morgan fingerprint density at radius 1 is 1.20 bits per heavy atom. The van der Waals surface area contributed by atoms with E-state index in [2.05, 4.69) is 16.5 Å². The highest BCUT2D eigenvalue weighted by Gasteiger charge is 2.07. The van der Waals surface area contributed by atoms with Gasteiger partial charge in [-0.25, -0.2) is 4.68 Å². The lowest BCUT2D eigenvalue weighted by Crippen LogP contribution is -2.25. The predicted molar refractivity (Wildman–Crippen MR) is 97.3 cm³/mol. The van der Waals surface area contributed by atoms with E-state index in [1.807, 2.05) is 43.5 Å². The molecule has 0 aliphatic heterocycles. The number of rotatable bonds is 6. The number of hydrogen-bond donors (Lipinski definition) is 1. The minimum Gasteiger partial charge on any atom is -0.496 e. The van der Waals surface area contributed by atoms with E-state index < -0.39 is 0 Å². The topological polar surface area (TPSA) is 56.1 Å². The lowest BCUT2D eigenvalue weighted by atomic mass is 10.1. The summed E-state index contributed by atoms with van der Waals surface area (Å²) in [5.41, 5.74) is 3.83. The summed E-state index contributed by atoms with van der Waals surface area (Å²) in [5.74, 6) is 0.766. The normalized spacial score (nSPS) is 10.5. The average Bonchev–Trinajstić information content (AvgIpc) is 3.17. The maximum Gasteiger partial charge on any atom is 0.251 e. The van der Waals surface area contributed by atoms with Gasteiger partial charge in [0.15, 0.2) is 0 Å². The van der Waals surface area contributed by atoms with Gasteiger partial charge in [0.1, 0.15) is 5.75 Å². The van der Waals surface area contributed by atoms with Gasteiger partial charge in [-0.15, -0.1) is 0 Å². The molecule has 1 aromatic heterocycles. The second kappa shape index (κ2) is 7.66. The van der Waals surface area contributed by atoms with Crippen LogP contribution in [0.25, 0.3) is 5.69 Å². The summed E-state index contributed by atoms with van der Waals surface area (Å²) in [5, 5.41) is 7.13. The molecule has 0 atom stereocenters. The number of aryl methyl sites for hydroxylation is 1. The zero-order valence-electron chi connectivity index (χ0n) is 14.4. The SMILES string of the molecule is COc1ccc(C)cc1CCNC(=O)c1ccc(-n2cccn2)cc1. The number of carbonyl (C=O) groups is 1. The third-order valence-corrected chi connectivity index (χ3v) is 4.01. The first-order valence-electron chi connectivity index (χ1n) is 8.19. The van der Waals surface area contributed by atoms with Crippen LogP contribution >= 0.6 is 0 Å². The van der Waals surface area contributed by atoms with Crippen molar-refractivity contribution in [1.29, 1.82) is 0 Å². The van der Waals surface area contributed by atoms with E-state index in [4.69, 9.17) is 4.74 Å². The van der Waals surface area contributed by atoms with Crippen LogP contribution in [0.4, 0.5) is 0 Å². The molecule has 5 heteroatoms. The fourth-order valence-corrected chi connectivity index (χ4v) is 2.70. The first-order chi connectivity index (χ1) is 12.2. The standard InChI is InChI=1S/C20H21N3O2/c1-15-4-9-19(25-2)17(14-15)10-12-21-20(24)16-5-7-18(8-6-16)23-13-3-11-22-23/h3-9,11,13-14H,10,12H2,1-2H3,(H,21,24). The fourth-order valence-electron chi connectivity index (χ4n) is 2.70. The second-order valence-corrected chi connectivity index (χ2v) is 5.82. The zero-order chi connectivity index (χ0) is 17.6. The average molecular weight is 335 g/mol. The van der Waals surface area contributed by atoms with Gasteiger partial charge in [0.05, 0.1) is 12.8 Å². The highest BCUT2D eigenvalue weighted by molar-refractivity contribution is 5.94. The van der Waals surface area contributed by atoms with Crippen LogP contribution < -0.4 is 10.1 Å². The molecule has 0 spiro atoms. The molecule has 0 saturated carbocycles. The first kappa shape index (κ1) is 16.8. The number of amides is 1. The number of hydrogen-bond acceptors (Lipinski definition) is 3. The molecule has 0 aliphatic rings. The Morgan fingerprint density at radius 3 is 2.68 bits per heavy atom. The van der Waals surface area contributed by atoms with Gasteiger partial charge in [-0.3, -0.25) is 4.79 Å². The summed E-state index contributed by atoms with van der Waals surface area (Å²) in [6.45, 7) is 2.60. The fraction of sp³-hybridized carbons (Fsp3) is 0.200. The lowest BCUT2D eigenvalue weighted by Gasteiger charge is -2.10. The molecule has 1 amide bonds. The molecule has 0 radical (unpaired) electrons. The van der Waals surface area contributed by atoms with E-state index in [-0.39, 0.29) is 5.91 Å². The van der Waals surface area contributed by atoms with Crippen molar-refractivity contribution in [2.45, 2.75) is 13.3 Å². The van der Waals surface area contributed by atoms with Crippen molar-refractivity contribution in [3.8, 4) is 11.4 Å². The molecule has 25 heavy (non-hydrogen) atoms. The Balaban J connectivity index is 1.59. The van der Waals surface area contributed by atoms with Crippen LogP contribution in [0.2, 0.25) is 0 Å². The van der Waals surface area contributed by atoms with E-state index in [1.54, 1.807) is 30.1 Å². The van der Waals surface area contributed by atoms with Crippen LogP contribution in [0.3, 0.4) is 0 Å². The molecule has 2 aromatic carbocycles. The Bertz CT molecular complexity index is 840. The number of carbonyl (C=O) groups excluding carboxylic acids is 1. The Hall–Kier alpha value is -3.08. The Labute approximate surface area is 147 Å². The molecular weight excluding hydrogens is 314 g/mol. The van der Waals surface area contributed by atoms with Crippen molar-refractivity contribution in [1.82, 2.24) is 15.1 Å². The molecule has 1 heterocycles. The van der Waals surface area contributed by atoms with Crippen LogP contribution in [0, 0.1) is 6.92 Å². The largest absolute Gasteiger partial charge is 0.496 e. The van der Waals surface area contributed by atoms with Gasteiger partial charge < -0.3 is 10.1 Å². The molecule has 3 rings (SSSR count). The first-order valence-corrected chi connectivity index (χ1v) is 8.19. The lowest BCUT2D eigenvalue weighted by molar-refractivity contribution is 0.0954. The second-order valence-electron chi connectivity index (χ2n) is 5.82. The maximum absolute atomic E-state index is 12.3. The summed E-state index contributed by atoms with van der Waals surface area (Å²) < 4.78 is 7.13. The summed E-state index contributed by atoms with van der Waals surface area (Å²) in [6.07, 6.45) is 4.31.